The summed E-state index contributed by atoms with van der Waals surface area (Å²) in [6, 6.07) is -7.51. The van der Waals surface area contributed by atoms with Crippen LogP contribution in [0.5, 0.6) is 0 Å². The molecule has 122 heavy (non-hydrogen) atoms. The monoisotopic (exact) mass is 1790 g/mol. The summed E-state index contributed by atoms with van der Waals surface area (Å²) in [5, 5.41) is 310. The molecule has 0 saturated carbocycles. The van der Waals surface area contributed by atoms with Crippen molar-refractivity contribution < 1.29 is 247 Å². The molecular formula is C68H114N4O50. The third-order valence-corrected chi connectivity index (χ3v) is 22.4. The van der Waals surface area contributed by atoms with Crippen molar-refractivity contribution >= 4 is 23.6 Å². The van der Waals surface area contributed by atoms with E-state index in [1.807, 2.05) is 0 Å². The van der Waals surface area contributed by atoms with Gasteiger partial charge >= 0.3 is 0 Å². The Labute approximate surface area is 691 Å². The molecular weight excluding hydrogens is 1670 g/mol. The van der Waals surface area contributed by atoms with E-state index in [0.717, 1.165) is 27.7 Å². The molecule has 0 aromatic heterocycles. The highest BCUT2D eigenvalue weighted by Gasteiger charge is 2.62. The van der Waals surface area contributed by atoms with E-state index in [1.165, 1.54) is 6.92 Å². The summed E-state index contributed by atoms with van der Waals surface area (Å²) < 4.78 is 112. The van der Waals surface area contributed by atoms with Crippen molar-refractivity contribution in [3.05, 3.63) is 0 Å². The smallest absolute Gasteiger partial charge is 0.217 e. The minimum Gasteiger partial charge on any atom is -0.394 e. The van der Waals surface area contributed by atoms with Gasteiger partial charge in [0.1, 0.15) is 238 Å². The van der Waals surface area contributed by atoms with Crippen LogP contribution in [-0.2, 0) is 109 Å². The van der Waals surface area contributed by atoms with Crippen LogP contribution in [0.2, 0.25) is 0 Å². The van der Waals surface area contributed by atoms with Gasteiger partial charge in [-0.05, 0) is 6.92 Å². The van der Waals surface area contributed by atoms with Crippen molar-refractivity contribution in [1.82, 2.24) is 21.3 Å². The highest BCUT2D eigenvalue weighted by molar-refractivity contribution is 5.74. The molecule has 54 heteroatoms. The summed E-state index contributed by atoms with van der Waals surface area (Å²) in [5.74, 6) is -3.67. The lowest BCUT2D eigenvalue weighted by Gasteiger charge is -2.51. The fourth-order valence-corrected chi connectivity index (χ4v) is 15.8. The molecule has 10 aliphatic rings. The summed E-state index contributed by atoms with van der Waals surface area (Å²) in [6.45, 7) is -4.63. The van der Waals surface area contributed by atoms with E-state index < -0.39 is 390 Å². The number of rotatable bonds is 31. The SMILES string of the molecule is CC(=O)N[C@H]1[C@H](O[C@H]2[C@H](O)[C@@H](NC(C)=O)C(O)O[C@@H]2CO[C@@H]2O[C@@H](C)[C@@H](O)[C@@H](O)[C@@H]2O)O[C@H](CO)[C@@H](O[C@@H]2O[C@H](CO[C@H]3O[C@H](CO)[C@@H](O)[C@H](O)[C@@H]3O[C@@H]3O[C@H](CO)[C@@H](O[C@@H]4O[C@H](CO)[C@H](O)[C@H](O)[C@H]4O)[C@H](O)[C@H]3NC(C)=O)[C@@H](O)[C@H](O[C@H]3O[C@H](CO)[C@@H](O[C@@H]4O[C@H](CO)[C@@H](O[C@@H]5O[C@H](CO)[C@H](O)[C@H](O)[C@H]5O)[C@H](O)[C@H]4NC(C)=O)[C@H](O)[C@@H]3O)[C@@H]2O)[C@@H]1O. The summed E-state index contributed by atoms with van der Waals surface area (Å²) >= 11 is 0. The zero-order valence-electron chi connectivity index (χ0n) is 65.7. The first-order chi connectivity index (χ1) is 57.7. The molecule has 10 heterocycles. The lowest BCUT2D eigenvalue weighted by molar-refractivity contribution is -0.394. The van der Waals surface area contributed by atoms with E-state index >= 15 is 0 Å². The number of carbonyl (C=O) groups is 4. The van der Waals surface area contributed by atoms with Gasteiger partial charge in [-0.15, -0.1) is 0 Å². The number of hydrogen-bond acceptors (Lipinski definition) is 50. The van der Waals surface area contributed by atoms with Crippen molar-refractivity contribution in [2.75, 3.05) is 59.5 Å². The third-order valence-electron chi connectivity index (χ3n) is 22.4. The van der Waals surface area contributed by atoms with Crippen LogP contribution in [0.3, 0.4) is 0 Å². The molecule has 0 aromatic rings. The topological polar surface area (TPSA) is 838 Å². The number of nitrogens with one attached hydrogen (secondary N) is 4. The van der Waals surface area contributed by atoms with Crippen LogP contribution in [0.4, 0.5) is 0 Å². The molecule has 54 nitrogen and oxygen atoms in total. The van der Waals surface area contributed by atoms with Crippen molar-refractivity contribution in [2.45, 2.75) is 341 Å². The van der Waals surface area contributed by atoms with Gasteiger partial charge in [-0.2, -0.15) is 0 Å². The van der Waals surface area contributed by atoms with Gasteiger partial charge < -0.3 is 249 Å². The van der Waals surface area contributed by atoms with Crippen LogP contribution in [0, 0.1) is 0 Å². The predicted octanol–water partition coefficient (Wildman–Crippen LogP) is -21.2. The normalized spacial score (nSPS) is 49.7. The second kappa shape index (κ2) is 43.6. The van der Waals surface area contributed by atoms with Crippen molar-refractivity contribution in [3.63, 3.8) is 0 Å². The first kappa shape index (κ1) is 100. The second-order valence-electron chi connectivity index (χ2n) is 31.0. The van der Waals surface area contributed by atoms with Crippen molar-refractivity contribution in [2.24, 2.45) is 0 Å². The average molecular weight is 1790 g/mol. The molecule has 1 unspecified atom stereocenters. The molecule has 10 fully saturated rings. The molecule has 0 aliphatic carbocycles. The van der Waals surface area contributed by atoms with E-state index in [2.05, 4.69) is 21.3 Å². The fourth-order valence-electron chi connectivity index (χ4n) is 15.8. The van der Waals surface area contributed by atoms with E-state index in [4.69, 9.17) is 90.0 Å². The Kier molecular flexibility index (Phi) is 35.8. The van der Waals surface area contributed by atoms with Gasteiger partial charge in [0.15, 0.2) is 62.9 Å². The van der Waals surface area contributed by atoms with E-state index in [-0.39, 0.29) is 0 Å². The molecule has 0 radical (unpaired) electrons. The number of amides is 4. The molecule has 31 N–H and O–H groups in total. The molecule has 706 valence electrons. The summed E-state index contributed by atoms with van der Waals surface area (Å²) in [6.07, 6.45) is -93.9. The summed E-state index contributed by atoms with van der Waals surface area (Å²) in [7, 11) is 0. The quantitative estimate of drug-likeness (QED) is 0.0306. The van der Waals surface area contributed by atoms with Crippen LogP contribution in [0.1, 0.15) is 34.6 Å². The Morgan fingerprint density at radius 2 is 0.492 bits per heavy atom. The van der Waals surface area contributed by atoms with Crippen LogP contribution in [0.25, 0.3) is 0 Å². The summed E-state index contributed by atoms with van der Waals surface area (Å²) in [5.41, 5.74) is 0. The first-order valence-corrected chi connectivity index (χ1v) is 39.0. The number of hydrogen-bond donors (Lipinski definition) is 31. The average Bonchev–Trinajstić information content (AvgIpc) is 0.773. The molecule has 10 aliphatic heterocycles. The number of aliphatic hydroxyl groups excluding tert-OH is 27. The second-order valence-corrected chi connectivity index (χ2v) is 31.0. The Bertz CT molecular complexity index is 3290. The number of aliphatic hydroxyl groups is 27. The highest BCUT2D eigenvalue weighted by Crippen LogP contribution is 2.40. The fraction of sp³-hybridized carbons (Fsp3) is 0.941. The van der Waals surface area contributed by atoms with Gasteiger partial charge in [0, 0.05) is 27.7 Å². The van der Waals surface area contributed by atoms with Gasteiger partial charge in [-0.1, -0.05) is 0 Å². The lowest BCUT2D eigenvalue weighted by atomic mass is 9.93. The number of ether oxygens (including phenoxy) is 19. The van der Waals surface area contributed by atoms with Gasteiger partial charge in [0.05, 0.1) is 65.6 Å². The minimum absolute atomic E-state index is 0.839. The molecule has 0 spiro atoms. The zero-order valence-corrected chi connectivity index (χ0v) is 65.7. The largest absolute Gasteiger partial charge is 0.394 e. The van der Waals surface area contributed by atoms with E-state index in [9.17, 15) is 157 Å². The Morgan fingerprint density at radius 1 is 0.230 bits per heavy atom. The van der Waals surface area contributed by atoms with Crippen molar-refractivity contribution in [1.29, 1.82) is 0 Å². The van der Waals surface area contributed by atoms with Crippen molar-refractivity contribution in [3.8, 4) is 0 Å². The first-order valence-electron chi connectivity index (χ1n) is 39.0. The highest BCUT2D eigenvalue weighted by atomic mass is 16.8. The summed E-state index contributed by atoms with van der Waals surface area (Å²) in [4.78, 5) is 51.3. The predicted molar refractivity (Wildman–Crippen MR) is 375 cm³/mol. The molecule has 0 aromatic carbocycles. The van der Waals surface area contributed by atoms with Crippen LogP contribution < -0.4 is 21.3 Å². The van der Waals surface area contributed by atoms with Gasteiger partial charge in [-0.3, -0.25) is 19.2 Å². The Hall–Kier alpha value is -3.96. The maximum absolute atomic E-state index is 13.2. The van der Waals surface area contributed by atoms with Crippen LogP contribution in [0.15, 0.2) is 0 Å². The molecule has 10 rings (SSSR count). The molecule has 0 bridgehead atoms. The van der Waals surface area contributed by atoms with E-state index in [1.54, 1.807) is 0 Å². The lowest BCUT2D eigenvalue weighted by Crippen LogP contribution is -2.71. The van der Waals surface area contributed by atoms with Crippen LogP contribution in [-0.4, -0.2) is 528 Å². The standard InChI is InChI=1S/C68H114N4O50/c1-15-33(84)42(93)47(98)63(106-15)104-14-28-56(38(89)29(59(103)107-28)69-16(2)80)117-61-31(71-18(4)82)40(91)54(25(11-78)112-61)120-67-51(102)57(121-66-50(101)46(97)55(26(12-79)114-66)116-60-30(70-17(3)81)39(90)52(23(9-76)111-60)118-64-48(99)43(94)34(85)20(6-73)108-64)37(88)27(115-67)13-105-68-58(45(96)36(87)22(8-75)110-68)122-62-32(72-19(5)83)41(92)53(24(10-77)113-62)119-65-49(100)44(95)35(86)21(7-74)109-65/h15,20-68,73-79,84-103H,6-14H2,1-5H3,(H,69,80)(H,70,81)(H,71,82)(H,72,83)/t15-,20+,21+,22+,23+,24+,25+,26+,27+,28+,29+,30+,31+,32+,33+,34-,35-,36+,37+,38+,39+,40+,41+,42+,43-,44-,45-,46+,47-,48+,49+,50-,51-,52+,53+,54+,55+,56+,57-,58-,59?,60-,61-,62-,63+,64-,65-,66+,67-,68-/m0/s1. The Morgan fingerprint density at radius 3 is 0.893 bits per heavy atom. The third kappa shape index (κ3) is 22.0. The van der Waals surface area contributed by atoms with Crippen LogP contribution >= 0.6 is 0 Å². The minimum atomic E-state index is -2.57. The van der Waals surface area contributed by atoms with E-state index in [0.29, 0.717) is 0 Å². The molecule has 50 atom stereocenters. The Balaban J connectivity index is 0.945. The molecule has 4 amide bonds. The van der Waals surface area contributed by atoms with Gasteiger partial charge in [-0.25, -0.2) is 0 Å². The number of carbonyl (C=O) groups excluding carboxylic acids is 4. The van der Waals surface area contributed by atoms with Gasteiger partial charge in [0.2, 0.25) is 23.6 Å². The van der Waals surface area contributed by atoms with Gasteiger partial charge in [0.25, 0.3) is 0 Å². The zero-order chi connectivity index (χ0) is 89.8. The molecule has 10 saturated heterocycles. The maximum atomic E-state index is 13.2. The maximum Gasteiger partial charge on any atom is 0.217 e.